The molecule has 1 aromatic heterocycles. The van der Waals surface area contributed by atoms with Crippen molar-refractivity contribution in [2.75, 3.05) is 11.9 Å². The minimum Gasteiger partial charge on any atom is -0.462 e. The van der Waals surface area contributed by atoms with E-state index in [1.54, 1.807) is 13.1 Å². The van der Waals surface area contributed by atoms with E-state index in [2.05, 4.69) is 30.2 Å². The van der Waals surface area contributed by atoms with Gasteiger partial charge in [-0.15, -0.1) is 0 Å². The molecule has 1 atom stereocenters. The lowest BCUT2D eigenvalue weighted by Gasteiger charge is -2.30. The van der Waals surface area contributed by atoms with Crippen molar-refractivity contribution >= 4 is 22.6 Å². The first-order chi connectivity index (χ1) is 13.6. The summed E-state index contributed by atoms with van der Waals surface area (Å²) in [5.41, 5.74) is 3.62. The predicted molar refractivity (Wildman–Crippen MR) is 111 cm³/mol. The van der Waals surface area contributed by atoms with Crippen LogP contribution >= 0.6 is 0 Å². The second-order valence-corrected chi connectivity index (χ2v) is 7.60. The molecule has 0 unspecified atom stereocenters. The molecule has 3 rings (SSSR count). The van der Waals surface area contributed by atoms with Gasteiger partial charge in [0, 0.05) is 17.6 Å². The number of fused-ring (bicyclic) bond motifs is 1. The van der Waals surface area contributed by atoms with Crippen LogP contribution in [0.3, 0.4) is 0 Å². The van der Waals surface area contributed by atoms with Crippen molar-refractivity contribution in [3.8, 4) is 6.07 Å². The number of benzene rings is 1. The van der Waals surface area contributed by atoms with Crippen LogP contribution in [0.25, 0.3) is 10.9 Å². The van der Waals surface area contributed by atoms with Crippen molar-refractivity contribution in [3.63, 3.8) is 0 Å². The number of anilines is 1. The number of nitriles is 1. The molecule has 1 heterocycles. The maximum absolute atomic E-state index is 12.6. The van der Waals surface area contributed by atoms with E-state index in [4.69, 9.17) is 4.74 Å². The number of aryl methyl sites for hydroxylation is 1. The van der Waals surface area contributed by atoms with Gasteiger partial charge in [-0.2, -0.15) is 5.26 Å². The number of carbonyl (C=O) groups excluding carboxylic acids is 1. The summed E-state index contributed by atoms with van der Waals surface area (Å²) < 4.78 is 5.27. The summed E-state index contributed by atoms with van der Waals surface area (Å²) in [6.07, 6.45) is 8.62. The molecule has 0 bridgehead atoms. The average Bonchev–Trinajstić information content (AvgIpc) is 2.73. The van der Waals surface area contributed by atoms with Gasteiger partial charge in [0.05, 0.1) is 29.4 Å². The van der Waals surface area contributed by atoms with Gasteiger partial charge in [-0.25, -0.2) is 4.79 Å². The number of nitrogens with one attached hydrogen (secondary N) is 1. The number of carbonyl (C=O) groups is 1. The van der Waals surface area contributed by atoms with Crippen molar-refractivity contribution in [3.05, 3.63) is 35.0 Å². The number of rotatable bonds is 6. The number of esters is 1. The zero-order valence-corrected chi connectivity index (χ0v) is 17.0. The molecule has 1 aliphatic rings. The molecule has 28 heavy (non-hydrogen) atoms. The van der Waals surface area contributed by atoms with Crippen LogP contribution in [0.4, 0.5) is 5.69 Å². The second-order valence-electron chi connectivity index (χ2n) is 7.60. The zero-order chi connectivity index (χ0) is 20.1. The Kier molecular flexibility index (Phi) is 6.51. The highest BCUT2D eigenvalue weighted by Gasteiger charge is 2.24. The Morgan fingerprint density at radius 1 is 1.32 bits per heavy atom. The summed E-state index contributed by atoms with van der Waals surface area (Å²) in [5, 5.41) is 13.9. The highest BCUT2D eigenvalue weighted by Crippen LogP contribution is 2.34. The number of nitrogens with zero attached hydrogens (tertiary/aromatic N) is 2. The first-order valence-electron chi connectivity index (χ1n) is 10.4. The predicted octanol–water partition coefficient (Wildman–Crippen LogP) is 5.23. The molecule has 5 nitrogen and oxygen atoms in total. The molecule has 1 fully saturated rings. The second kappa shape index (κ2) is 9.05. The molecule has 1 aromatic carbocycles. The number of hydrogen-bond donors (Lipinski definition) is 1. The molecule has 0 saturated heterocycles. The molecule has 1 saturated carbocycles. The van der Waals surface area contributed by atoms with Gasteiger partial charge in [-0.3, -0.25) is 4.98 Å². The monoisotopic (exact) mass is 379 g/mol. The van der Waals surface area contributed by atoms with Crippen LogP contribution < -0.4 is 5.32 Å². The highest BCUT2D eigenvalue weighted by molar-refractivity contribution is 6.06. The number of aromatic nitrogens is 1. The molecule has 5 heteroatoms. The molecule has 0 radical (unpaired) electrons. The largest absolute Gasteiger partial charge is 0.462 e. The van der Waals surface area contributed by atoms with Crippen LogP contribution in [-0.2, 0) is 11.2 Å². The Bertz CT molecular complexity index is 895. The van der Waals surface area contributed by atoms with E-state index in [1.807, 2.05) is 12.1 Å². The number of pyridine rings is 1. The van der Waals surface area contributed by atoms with Crippen LogP contribution in [0.15, 0.2) is 18.3 Å². The Labute approximate surface area is 167 Å². The fraction of sp³-hybridized carbons (Fsp3) is 0.522. The molecular weight excluding hydrogens is 350 g/mol. The fourth-order valence-corrected chi connectivity index (χ4v) is 4.21. The van der Waals surface area contributed by atoms with E-state index in [-0.39, 0.29) is 12.0 Å². The minimum absolute atomic E-state index is 0.231. The summed E-state index contributed by atoms with van der Waals surface area (Å²) in [4.78, 5) is 17.2. The minimum atomic E-state index is -0.379. The molecule has 1 N–H and O–H groups in total. The van der Waals surface area contributed by atoms with Gasteiger partial charge >= 0.3 is 5.97 Å². The third-order valence-corrected chi connectivity index (χ3v) is 5.78. The zero-order valence-electron chi connectivity index (χ0n) is 17.0. The van der Waals surface area contributed by atoms with E-state index >= 15 is 0 Å². The van der Waals surface area contributed by atoms with Crippen molar-refractivity contribution < 1.29 is 9.53 Å². The molecule has 0 aliphatic heterocycles. The molecular formula is C23H29N3O2. The van der Waals surface area contributed by atoms with Crippen molar-refractivity contribution in [1.82, 2.24) is 4.98 Å². The first kappa shape index (κ1) is 20.1. The van der Waals surface area contributed by atoms with E-state index in [9.17, 15) is 10.1 Å². The normalized spacial score (nSPS) is 15.8. The topological polar surface area (TPSA) is 75.0 Å². The number of hydrogen-bond acceptors (Lipinski definition) is 5. The number of ether oxygens (including phenoxy) is 1. The summed E-state index contributed by atoms with van der Waals surface area (Å²) in [7, 11) is 0. The standard InChI is InChI=1S/C23H29N3O2/c1-4-17-11-16(13-24)12-19-21(17)25-14-20(23(27)28-5-2)22(19)26-15(3)18-9-7-6-8-10-18/h11-12,14-15,18H,4-10H2,1-3H3,(H,25,26)/t15-/m0/s1. The summed E-state index contributed by atoms with van der Waals surface area (Å²) >= 11 is 0. The Morgan fingerprint density at radius 3 is 2.71 bits per heavy atom. The summed E-state index contributed by atoms with van der Waals surface area (Å²) in [5.74, 6) is 0.201. The first-order valence-corrected chi connectivity index (χ1v) is 10.4. The highest BCUT2D eigenvalue weighted by atomic mass is 16.5. The van der Waals surface area contributed by atoms with Gasteiger partial charge < -0.3 is 10.1 Å². The van der Waals surface area contributed by atoms with Gasteiger partial charge in [-0.1, -0.05) is 26.2 Å². The summed E-state index contributed by atoms with van der Waals surface area (Å²) in [6, 6.07) is 6.19. The van der Waals surface area contributed by atoms with Gasteiger partial charge in [0.2, 0.25) is 0 Å². The maximum Gasteiger partial charge on any atom is 0.341 e. The summed E-state index contributed by atoms with van der Waals surface area (Å²) in [6.45, 7) is 6.35. The van der Waals surface area contributed by atoms with E-state index < -0.39 is 0 Å². The molecule has 2 aromatic rings. The molecule has 1 aliphatic carbocycles. The van der Waals surface area contributed by atoms with Crippen LogP contribution in [0.2, 0.25) is 0 Å². The Hall–Kier alpha value is -2.61. The van der Waals surface area contributed by atoms with Crippen molar-refractivity contribution in [2.45, 2.75) is 65.3 Å². The van der Waals surface area contributed by atoms with E-state index in [0.29, 0.717) is 23.7 Å². The quantitative estimate of drug-likeness (QED) is 0.696. The van der Waals surface area contributed by atoms with Crippen LogP contribution in [-0.4, -0.2) is 23.6 Å². The van der Waals surface area contributed by atoms with Gasteiger partial charge in [0.15, 0.2) is 0 Å². The maximum atomic E-state index is 12.6. The van der Waals surface area contributed by atoms with Crippen LogP contribution in [0.5, 0.6) is 0 Å². The lowest BCUT2D eigenvalue weighted by molar-refractivity contribution is 0.0527. The van der Waals surface area contributed by atoms with Gasteiger partial charge in [0.25, 0.3) is 0 Å². The third kappa shape index (κ3) is 4.11. The van der Waals surface area contributed by atoms with Gasteiger partial charge in [-0.05, 0) is 56.7 Å². The fourth-order valence-electron chi connectivity index (χ4n) is 4.21. The SMILES string of the molecule is CCOC(=O)c1cnc2c(CC)cc(C#N)cc2c1N[C@@H](C)C1CCCCC1. The van der Waals surface area contributed by atoms with Crippen LogP contribution in [0, 0.1) is 17.2 Å². The lowest BCUT2D eigenvalue weighted by Crippen LogP contribution is -2.28. The Balaban J connectivity index is 2.12. The van der Waals surface area contributed by atoms with Crippen molar-refractivity contribution in [1.29, 1.82) is 5.26 Å². The van der Waals surface area contributed by atoms with E-state index in [1.165, 1.54) is 32.1 Å². The lowest BCUT2D eigenvalue weighted by atomic mass is 9.84. The van der Waals surface area contributed by atoms with E-state index in [0.717, 1.165) is 28.6 Å². The van der Waals surface area contributed by atoms with Crippen molar-refractivity contribution in [2.24, 2.45) is 5.92 Å². The molecule has 0 spiro atoms. The van der Waals surface area contributed by atoms with Gasteiger partial charge in [0.1, 0.15) is 5.56 Å². The molecule has 148 valence electrons. The molecule has 0 amide bonds. The Morgan fingerprint density at radius 2 is 2.07 bits per heavy atom. The average molecular weight is 380 g/mol. The third-order valence-electron chi connectivity index (χ3n) is 5.78. The van der Waals surface area contributed by atoms with Crippen LogP contribution in [0.1, 0.15) is 74.4 Å². The smallest absolute Gasteiger partial charge is 0.341 e.